The summed E-state index contributed by atoms with van der Waals surface area (Å²) < 4.78 is 34.1. The molecule has 7 nitrogen and oxygen atoms in total. The summed E-state index contributed by atoms with van der Waals surface area (Å²) in [6.45, 7) is 6.39. The zero-order valence-corrected chi connectivity index (χ0v) is 16.9. The summed E-state index contributed by atoms with van der Waals surface area (Å²) in [7, 11) is -2.12. The van der Waals surface area contributed by atoms with Crippen molar-refractivity contribution in [1.29, 1.82) is 0 Å². The number of benzene rings is 1. The predicted octanol–water partition coefficient (Wildman–Crippen LogP) is 2.62. The van der Waals surface area contributed by atoms with E-state index in [1.54, 1.807) is 45.2 Å². The second-order valence-electron chi connectivity index (χ2n) is 7.03. The lowest BCUT2D eigenvalue weighted by Gasteiger charge is -2.29. The van der Waals surface area contributed by atoms with E-state index >= 15 is 0 Å². The molecule has 0 saturated carbocycles. The van der Waals surface area contributed by atoms with Crippen molar-refractivity contribution >= 4 is 15.9 Å². The fourth-order valence-corrected chi connectivity index (χ4v) is 5.23. The number of nitrogens with zero attached hydrogens (tertiary/aromatic N) is 3. The summed E-state index contributed by atoms with van der Waals surface area (Å²) in [5, 5.41) is 4.24. The largest absolute Gasteiger partial charge is 0.497 e. The van der Waals surface area contributed by atoms with Crippen LogP contribution in [0.3, 0.4) is 0 Å². The van der Waals surface area contributed by atoms with Gasteiger partial charge in [0.15, 0.2) is 0 Å². The Kier molecular flexibility index (Phi) is 5.39. The van der Waals surface area contributed by atoms with Gasteiger partial charge in [0.2, 0.25) is 10.0 Å². The van der Waals surface area contributed by atoms with Crippen LogP contribution in [0.4, 0.5) is 0 Å². The monoisotopic (exact) mass is 391 g/mol. The van der Waals surface area contributed by atoms with Crippen molar-refractivity contribution in [3.05, 3.63) is 41.2 Å². The molecule has 8 heteroatoms. The van der Waals surface area contributed by atoms with Crippen molar-refractivity contribution in [3.8, 4) is 5.75 Å². The van der Waals surface area contributed by atoms with Gasteiger partial charge in [0.05, 0.1) is 18.5 Å². The van der Waals surface area contributed by atoms with Gasteiger partial charge in [-0.3, -0.25) is 4.79 Å². The van der Waals surface area contributed by atoms with Gasteiger partial charge in [0, 0.05) is 18.7 Å². The van der Waals surface area contributed by atoms with E-state index in [4.69, 9.17) is 4.74 Å². The van der Waals surface area contributed by atoms with Crippen LogP contribution in [0.1, 0.15) is 41.5 Å². The van der Waals surface area contributed by atoms with E-state index in [1.165, 1.54) is 8.99 Å². The molecule has 1 fully saturated rings. The van der Waals surface area contributed by atoms with Gasteiger partial charge >= 0.3 is 0 Å². The molecule has 2 heterocycles. The van der Waals surface area contributed by atoms with Gasteiger partial charge in [-0.15, -0.1) is 0 Å². The molecule has 1 aromatic carbocycles. The Balaban J connectivity index is 1.95. The molecule has 0 bridgehead atoms. The van der Waals surface area contributed by atoms with E-state index in [0.29, 0.717) is 41.7 Å². The number of methoxy groups -OCH3 is 1. The van der Waals surface area contributed by atoms with Crippen molar-refractivity contribution in [2.24, 2.45) is 5.92 Å². The smallest absolute Gasteiger partial charge is 0.278 e. The molecule has 3 rings (SSSR count). The number of aromatic nitrogens is 2. The Labute approximate surface area is 160 Å². The lowest BCUT2D eigenvalue weighted by atomic mass is 10.0. The van der Waals surface area contributed by atoms with Gasteiger partial charge in [-0.2, -0.15) is 14.1 Å². The number of carbonyl (C=O) groups is 1. The van der Waals surface area contributed by atoms with Crippen LogP contribution < -0.4 is 4.74 Å². The van der Waals surface area contributed by atoms with Crippen LogP contribution in [-0.4, -0.2) is 48.6 Å². The zero-order chi connectivity index (χ0) is 19.8. The molecule has 146 valence electrons. The Morgan fingerprint density at radius 3 is 2.30 bits per heavy atom. The normalized spacial score (nSPS) is 16.4. The summed E-state index contributed by atoms with van der Waals surface area (Å²) in [6, 6.07) is 6.65. The molecule has 0 unspecified atom stereocenters. The van der Waals surface area contributed by atoms with Crippen molar-refractivity contribution in [2.75, 3.05) is 20.2 Å². The third-order valence-electron chi connectivity index (χ3n) is 5.09. The molecule has 0 radical (unpaired) electrons. The minimum atomic E-state index is -3.67. The van der Waals surface area contributed by atoms with Gasteiger partial charge < -0.3 is 4.74 Å². The second kappa shape index (κ2) is 7.44. The molecule has 0 spiro atoms. The first-order valence-corrected chi connectivity index (χ1v) is 10.4. The molecule has 0 atom stereocenters. The van der Waals surface area contributed by atoms with Crippen LogP contribution in [0.5, 0.6) is 5.75 Å². The van der Waals surface area contributed by atoms with E-state index in [0.717, 1.165) is 12.8 Å². The molecule has 1 saturated heterocycles. The SMILES string of the molecule is COc1ccc(C(=O)n2nc(C)c(S(=O)(=O)N3CCC(C)CC3)c2C)cc1. The lowest BCUT2D eigenvalue weighted by Crippen LogP contribution is -2.38. The molecule has 1 aliphatic heterocycles. The van der Waals surface area contributed by atoms with Crippen molar-refractivity contribution in [1.82, 2.24) is 14.1 Å². The van der Waals surface area contributed by atoms with Crippen molar-refractivity contribution in [3.63, 3.8) is 0 Å². The van der Waals surface area contributed by atoms with E-state index in [-0.39, 0.29) is 10.8 Å². The van der Waals surface area contributed by atoms with Crippen LogP contribution in [0.2, 0.25) is 0 Å². The Hall–Kier alpha value is -2.19. The first-order valence-electron chi connectivity index (χ1n) is 9.01. The average molecular weight is 391 g/mol. The maximum atomic E-state index is 13.1. The number of aryl methyl sites for hydroxylation is 1. The molecule has 1 aliphatic rings. The molecular weight excluding hydrogens is 366 g/mol. The van der Waals surface area contributed by atoms with Crippen molar-refractivity contribution < 1.29 is 17.9 Å². The summed E-state index contributed by atoms with van der Waals surface area (Å²) in [5.74, 6) is 0.799. The fraction of sp³-hybridized carbons (Fsp3) is 0.474. The first-order chi connectivity index (χ1) is 12.8. The maximum Gasteiger partial charge on any atom is 0.278 e. The highest BCUT2D eigenvalue weighted by Gasteiger charge is 2.34. The highest BCUT2D eigenvalue weighted by atomic mass is 32.2. The van der Waals surface area contributed by atoms with Gasteiger partial charge in [-0.1, -0.05) is 6.92 Å². The average Bonchev–Trinajstić information content (AvgIpc) is 2.96. The van der Waals surface area contributed by atoms with Crippen LogP contribution in [0.15, 0.2) is 29.2 Å². The van der Waals surface area contributed by atoms with E-state index in [2.05, 4.69) is 12.0 Å². The zero-order valence-electron chi connectivity index (χ0n) is 16.1. The summed E-state index contributed by atoms with van der Waals surface area (Å²) in [6.07, 6.45) is 1.69. The summed E-state index contributed by atoms with van der Waals surface area (Å²) in [5.41, 5.74) is 1.09. The third-order valence-corrected chi connectivity index (χ3v) is 7.25. The number of rotatable bonds is 4. The van der Waals surface area contributed by atoms with E-state index in [1.807, 2.05) is 0 Å². The summed E-state index contributed by atoms with van der Waals surface area (Å²) in [4.78, 5) is 13.0. The number of carbonyl (C=O) groups excluding carboxylic acids is 1. The number of ether oxygens (including phenoxy) is 1. The number of hydrogen-bond donors (Lipinski definition) is 0. The van der Waals surface area contributed by atoms with E-state index in [9.17, 15) is 13.2 Å². The third kappa shape index (κ3) is 3.64. The fourth-order valence-electron chi connectivity index (χ4n) is 3.41. The second-order valence-corrected chi connectivity index (χ2v) is 8.91. The molecule has 2 aromatic rings. The number of piperidine rings is 1. The van der Waals surface area contributed by atoms with Gasteiger partial charge in [-0.05, 0) is 56.9 Å². The molecule has 0 amide bonds. The van der Waals surface area contributed by atoms with Crippen LogP contribution in [-0.2, 0) is 10.0 Å². The van der Waals surface area contributed by atoms with E-state index < -0.39 is 10.0 Å². The summed E-state index contributed by atoms with van der Waals surface area (Å²) >= 11 is 0. The minimum absolute atomic E-state index is 0.138. The van der Waals surface area contributed by atoms with Gasteiger partial charge in [0.25, 0.3) is 5.91 Å². The van der Waals surface area contributed by atoms with Gasteiger partial charge in [-0.25, -0.2) is 8.42 Å². The Bertz CT molecular complexity index is 940. The number of sulfonamides is 1. The molecule has 27 heavy (non-hydrogen) atoms. The van der Waals surface area contributed by atoms with Gasteiger partial charge in [0.1, 0.15) is 10.6 Å². The molecule has 1 aromatic heterocycles. The minimum Gasteiger partial charge on any atom is -0.497 e. The standard InChI is InChI=1S/C19H25N3O4S/c1-13-9-11-21(12-10-13)27(24,25)18-14(2)20-22(15(18)3)19(23)16-5-7-17(26-4)8-6-16/h5-8,13H,9-12H2,1-4H3. The molecular formula is C19H25N3O4S. The molecule has 0 N–H and O–H groups in total. The van der Waals surface area contributed by atoms with Crippen LogP contribution >= 0.6 is 0 Å². The quantitative estimate of drug-likeness (QED) is 0.800. The predicted molar refractivity (Wildman–Crippen MR) is 102 cm³/mol. The highest BCUT2D eigenvalue weighted by molar-refractivity contribution is 7.89. The maximum absolute atomic E-state index is 13.1. The van der Waals surface area contributed by atoms with Crippen molar-refractivity contribution in [2.45, 2.75) is 38.5 Å². The highest BCUT2D eigenvalue weighted by Crippen LogP contribution is 2.28. The topological polar surface area (TPSA) is 81.5 Å². The Morgan fingerprint density at radius 1 is 1.15 bits per heavy atom. The molecule has 0 aliphatic carbocycles. The lowest BCUT2D eigenvalue weighted by molar-refractivity contribution is 0.0942. The Morgan fingerprint density at radius 2 is 1.74 bits per heavy atom. The van der Waals surface area contributed by atoms with Crippen LogP contribution in [0.25, 0.3) is 0 Å². The number of hydrogen-bond acceptors (Lipinski definition) is 5. The first kappa shape index (κ1) is 19.6. The van der Waals surface area contributed by atoms with Crippen LogP contribution in [0, 0.1) is 19.8 Å².